The Morgan fingerprint density at radius 3 is 2.71 bits per heavy atom. The highest BCUT2D eigenvalue weighted by Crippen LogP contribution is 2.38. The smallest absolute Gasteiger partial charge is 0.129 e. The first kappa shape index (κ1) is 15.1. The van der Waals surface area contributed by atoms with E-state index < -0.39 is 0 Å². The minimum atomic E-state index is -0.203. The average molecular weight is 416 g/mol. The Bertz CT molecular complexity index is 646. The molecule has 0 aromatic heterocycles. The molecule has 1 aliphatic rings. The van der Waals surface area contributed by atoms with Gasteiger partial charge in [-0.15, -0.1) is 0 Å². The number of halogens is 3. The third-order valence-electron chi connectivity index (χ3n) is 3.99. The van der Waals surface area contributed by atoms with Crippen LogP contribution in [0.3, 0.4) is 0 Å². The molecular formula is C17H16ClFIN. The van der Waals surface area contributed by atoms with E-state index in [1.807, 2.05) is 18.2 Å². The summed E-state index contributed by atoms with van der Waals surface area (Å²) in [7, 11) is 0. The molecule has 0 saturated carbocycles. The maximum Gasteiger partial charge on any atom is 0.129 e. The SMILES string of the molecule is Fc1cc(Cl)ccc1C1CCCCN1c1ccccc1I. The highest BCUT2D eigenvalue weighted by molar-refractivity contribution is 14.1. The Morgan fingerprint density at radius 2 is 1.95 bits per heavy atom. The first-order valence-electron chi connectivity index (χ1n) is 7.13. The predicted octanol–water partition coefficient (Wildman–Crippen LogP) is 5.82. The standard InChI is InChI=1S/C17H16ClFIN/c18-12-8-9-13(14(19)11-12)16-6-3-4-10-21(16)17-7-2-1-5-15(17)20/h1-2,5,7-9,11,16H,3-4,6,10H2. The van der Waals surface area contributed by atoms with Crippen molar-refractivity contribution in [3.63, 3.8) is 0 Å². The molecule has 110 valence electrons. The van der Waals surface area contributed by atoms with Gasteiger partial charge >= 0.3 is 0 Å². The number of piperidine rings is 1. The molecule has 2 aromatic carbocycles. The molecule has 1 fully saturated rings. The molecule has 0 bridgehead atoms. The lowest BCUT2D eigenvalue weighted by Gasteiger charge is -2.38. The maximum atomic E-state index is 14.3. The van der Waals surface area contributed by atoms with E-state index in [0.29, 0.717) is 5.02 Å². The van der Waals surface area contributed by atoms with Crippen LogP contribution in [0.1, 0.15) is 30.9 Å². The van der Waals surface area contributed by atoms with Crippen molar-refractivity contribution in [1.82, 2.24) is 0 Å². The number of para-hydroxylation sites is 1. The molecule has 0 amide bonds. The van der Waals surface area contributed by atoms with Crippen molar-refractivity contribution in [3.8, 4) is 0 Å². The van der Waals surface area contributed by atoms with Crippen molar-refractivity contribution in [1.29, 1.82) is 0 Å². The van der Waals surface area contributed by atoms with E-state index in [4.69, 9.17) is 11.6 Å². The molecule has 0 spiro atoms. The fourth-order valence-electron chi connectivity index (χ4n) is 3.00. The number of rotatable bonds is 2. The van der Waals surface area contributed by atoms with Gasteiger partial charge in [-0.3, -0.25) is 0 Å². The van der Waals surface area contributed by atoms with Gasteiger partial charge in [0.2, 0.25) is 0 Å². The number of hydrogen-bond donors (Lipinski definition) is 0. The summed E-state index contributed by atoms with van der Waals surface area (Å²) in [6.45, 7) is 0.965. The van der Waals surface area contributed by atoms with E-state index in [1.165, 1.54) is 15.3 Å². The van der Waals surface area contributed by atoms with E-state index in [-0.39, 0.29) is 11.9 Å². The van der Waals surface area contributed by atoms with Crippen LogP contribution in [0.2, 0.25) is 5.02 Å². The summed E-state index contributed by atoms with van der Waals surface area (Å²) < 4.78 is 15.5. The van der Waals surface area contributed by atoms with Crippen LogP contribution in [0.25, 0.3) is 0 Å². The Morgan fingerprint density at radius 1 is 1.14 bits per heavy atom. The molecule has 0 radical (unpaired) electrons. The molecule has 0 N–H and O–H groups in total. The summed E-state index contributed by atoms with van der Waals surface area (Å²) in [6.07, 6.45) is 3.26. The first-order chi connectivity index (χ1) is 10.2. The van der Waals surface area contributed by atoms with Crippen LogP contribution in [0.5, 0.6) is 0 Å². The molecule has 1 nitrogen and oxygen atoms in total. The van der Waals surface area contributed by atoms with Gasteiger partial charge in [0.1, 0.15) is 5.82 Å². The van der Waals surface area contributed by atoms with Crippen LogP contribution in [0, 0.1) is 9.39 Å². The lowest BCUT2D eigenvalue weighted by Crippen LogP contribution is -2.34. The molecule has 2 aromatic rings. The molecule has 3 rings (SSSR count). The van der Waals surface area contributed by atoms with Crippen LogP contribution < -0.4 is 4.90 Å². The summed E-state index contributed by atoms with van der Waals surface area (Å²) in [4.78, 5) is 2.33. The van der Waals surface area contributed by atoms with Crippen LogP contribution in [0.4, 0.5) is 10.1 Å². The third-order valence-corrected chi connectivity index (χ3v) is 5.13. The minimum absolute atomic E-state index is 0.0898. The third kappa shape index (κ3) is 3.19. The van der Waals surface area contributed by atoms with Crippen molar-refractivity contribution >= 4 is 39.9 Å². The zero-order chi connectivity index (χ0) is 14.8. The van der Waals surface area contributed by atoms with Gasteiger partial charge in [0.25, 0.3) is 0 Å². The number of anilines is 1. The van der Waals surface area contributed by atoms with Crippen molar-refractivity contribution in [3.05, 3.63) is 62.4 Å². The lowest BCUT2D eigenvalue weighted by atomic mass is 9.94. The highest BCUT2D eigenvalue weighted by atomic mass is 127. The molecule has 4 heteroatoms. The van der Waals surface area contributed by atoms with Gasteiger partial charge in [-0.1, -0.05) is 29.8 Å². The molecule has 21 heavy (non-hydrogen) atoms. The van der Waals surface area contributed by atoms with E-state index in [0.717, 1.165) is 31.4 Å². The Kier molecular flexibility index (Phi) is 4.69. The average Bonchev–Trinajstić information content (AvgIpc) is 2.48. The molecule has 1 heterocycles. The Labute approximate surface area is 143 Å². The van der Waals surface area contributed by atoms with Crippen LogP contribution >= 0.6 is 34.2 Å². The van der Waals surface area contributed by atoms with E-state index in [1.54, 1.807) is 6.07 Å². The van der Waals surface area contributed by atoms with E-state index in [9.17, 15) is 4.39 Å². The lowest BCUT2D eigenvalue weighted by molar-refractivity contribution is 0.455. The molecule has 1 atom stereocenters. The van der Waals surface area contributed by atoms with Crippen molar-refractivity contribution < 1.29 is 4.39 Å². The van der Waals surface area contributed by atoms with Crippen LogP contribution in [-0.2, 0) is 0 Å². The largest absolute Gasteiger partial charge is 0.364 e. The molecule has 1 aliphatic heterocycles. The maximum absolute atomic E-state index is 14.3. The normalized spacial score (nSPS) is 18.8. The fourth-order valence-corrected chi connectivity index (χ4v) is 3.86. The summed E-state index contributed by atoms with van der Waals surface area (Å²) in [6, 6.07) is 13.4. The van der Waals surface area contributed by atoms with E-state index in [2.05, 4.69) is 39.6 Å². The molecular weight excluding hydrogens is 400 g/mol. The van der Waals surface area contributed by atoms with E-state index >= 15 is 0 Å². The van der Waals surface area contributed by atoms with Crippen molar-refractivity contribution in [2.24, 2.45) is 0 Å². The summed E-state index contributed by atoms with van der Waals surface area (Å²) in [5.74, 6) is -0.203. The molecule has 0 aliphatic carbocycles. The summed E-state index contributed by atoms with van der Waals surface area (Å²) in [5, 5.41) is 0.452. The predicted molar refractivity (Wildman–Crippen MR) is 94.5 cm³/mol. The van der Waals surface area contributed by atoms with Crippen LogP contribution in [0.15, 0.2) is 42.5 Å². The van der Waals surface area contributed by atoms with Gasteiger partial charge in [-0.25, -0.2) is 4.39 Å². The second-order valence-electron chi connectivity index (χ2n) is 5.32. The van der Waals surface area contributed by atoms with Crippen molar-refractivity contribution in [2.75, 3.05) is 11.4 Å². The number of hydrogen-bond acceptors (Lipinski definition) is 1. The fraction of sp³-hybridized carbons (Fsp3) is 0.294. The summed E-state index contributed by atoms with van der Waals surface area (Å²) >= 11 is 8.23. The zero-order valence-electron chi connectivity index (χ0n) is 11.5. The molecule has 1 unspecified atom stereocenters. The van der Waals surface area contributed by atoms with Gasteiger partial charge in [0, 0.05) is 20.7 Å². The zero-order valence-corrected chi connectivity index (χ0v) is 14.4. The van der Waals surface area contributed by atoms with Gasteiger partial charge in [-0.2, -0.15) is 0 Å². The Hall–Kier alpha value is -0.810. The number of benzene rings is 2. The highest BCUT2D eigenvalue weighted by Gasteiger charge is 2.27. The van der Waals surface area contributed by atoms with Gasteiger partial charge in [0.15, 0.2) is 0 Å². The van der Waals surface area contributed by atoms with Gasteiger partial charge in [0.05, 0.1) is 11.7 Å². The summed E-state index contributed by atoms with van der Waals surface area (Å²) in [5.41, 5.74) is 1.94. The Balaban J connectivity index is 2.00. The molecule has 1 saturated heterocycles. The van der Waals surface area contributed by atoms with Gasteiger partial charge < -0.3 is 4.90 Å². The number of nitrogens with zero attached hydrogens (tertiary/aromatic N) is 1. The topological polar surface area (TPSA) is 3.24 Å². The van der Waals surface area contributed by atoms with Crippen LogP contribution in [-0.4, -0.2) is 6.54 Å². The monoisotopic (exact) mass is 415 g/mol. The quantitative estimate of drug-likeness (QED) is 0.559. The second-order valence-corrected chi connectivity index (χ2v) is 6.92. The van der Waals surface area contributed by atoms with Crippen molar-refractivity contribution in [2.45, 2.75) is 25.3 Å². The first-order valence-corrected chi connectivity index (χ1v) is 8.58. The minimum Gasteiger partial charge on any atom is -0.364 e. The van der Waals surface area contributed by atoms with Gasteiger partial charge in [-0.05, 0) is 66.1 Å². The second kappa shape index (κ2) is 6.53.